The standard InChI is InChI=1S/C13H19BrN2/c1-16-12(13(9-15)6-3-7-13)10-4-2-5-11(14)8-10/h2,4-5,8,12,16H,3,6-7,9,15H2,1H3. The summed E-state index contributed by atoms with van der Waals surface area (Å²) >= 11 is 3.53. The molecule has 0 amide bonds. The Morgan fingerprint density at radius 3 is 2.69 bits per heavy atom. The van der Waals surface area contributed by atoms with E-state index in [1.165, 1.54) is 24.8 Å². The Hall–Kier alpha value is -0.380. The molecular weight excluding hydrogens is 264 g/mol. The van der Waals surface area contributed by atoms with E-state index in [0.717, 1.165) is 11.0 Å². The highest BCUT2D eigenvalue weighted by Crippen LogP contribution is 2.49. The largest absolute Gasteiger partial charge is 0.330 e. The van der Waals surface area contributed by atoms with Crippen LogP contribution in [0.5, 0.6) is 0 Å². The van der Waals surface area contributed by atoms with Gasteiger partial charge >= 0.3 is 0 Å². The zero-order valence-corrected chi connectivity index (χ0v) is 11.3. The van der Waals surface area contributed by atoms with Gasteiger partial charge in [0, 0.05) is 15.9 Å². The van der Waals surface area contributed by atoms with Crippen LogP contribution in [0.1, 0.15) is 30.9 Å². The predicted octanol–water partition coefficient (Wildman–Crippen LogP) is 2.84. The maximum atomic E-state index is 5.97. The minimum atomic E-state index is 0.273. The molecule has 3 heteroatoms. The lowest BCUT2D eigenvalue weighted by atomic mass is 9.62. The molecule has 1 aliphatic carbocycles. The molecule has 2 rings (SSSR count). The maximum Gasteiger partial charge on any atom is 0.0387 e. The fourth-order valence-electron chi connectivity index (χ4n) is 2.75. The predicted molar refractivity (Wildman–Crippen MR) is 71.3 cm³/mol. The van der Waals surface area contributed by atoms with Gasteiger partial charge in [0.2, 0.25) is 0 Å². The van der Waals surface area contributed by atoms with Crippen molar-refractivity contribution < 1.29 is 0 Å². The molecule has 1 unspecified atom stereocenters. The van der Waals surface area contributed by atoms with E-state index in [-0.39, 0.29) is 5.41 Å². The highest BCUT2D eigenvalue weighted by Gasteiger charge is 2.42. The normalized spacial score (nSPS) is 20.2. The summed E-state index contributed by atoms with van der Waals surface area (Å²) in [7, 11) is 2.03. The number of hydrogen-bond donors (Lipinski definition) is 2. The lowest BCUT2D eigenvalue weighted by molar-refractivity contribution is 0.0879. The smallest absolute Gasteiger partial charge is 0.0387 e. The van der Waals surface area contributed by atoms with Crippen LogP contribution in [0, 0.1) is 5.41 Å². The van der Waals surface area contributed by atoms with Gasteiger partial charge in [-0.1, -0.05) is 34.5 Å². The van der Waals surface area contributed by atoms with Crippen molar-refractivity contribution in [2.75, 3.05) is 13.6 Å². The first-order chi connectivity index (χ1) is 7.72. The van der Waals surface area contributed by atoms with E-state index in [2.05, 4.69) is 45.5 Å². The molecular formula is C13H19BrN2. The first kappa shape index (κ1) is 12.1. The van der Waals surface area contributed by atoms with Crippen LogP contribution in [0.15, 0.2) is 28.7 Å². The van der Waals surface area contributed by atoms with E-state index in [4.69, 9.17) is 5.73 Å². The van der Waals surface area contributed by atoms with Gasteiger partial charge in [0.1, 0.15) is 0 Å². The molecule has 3 N–H and O–H groups in total. The molecule has 0 aromatic heterocycles. The summed E-state index contributed by atoms with van der Waals surface area (Å²) in [6.07, 6.45) is 3.78. The molecule has 1 aromatic carbocycles. The van der Waals surface area contributed by atoms with Crippen LogP contribution in [0.25, 0.3) is 0 Å². The number of nitrogens with two attached hydrogens (primary N) is 1. The number of rotatable bonds is 4. The Bertz CT molecular complexity index is 355. The summed E-state index contributed by atoms with van der Waals surface area (Å²) in [5.41, 5.74) is 7.58. The highest BCUT2D eigenvalue weighted by molar-refractivity contribution is 9.10. The van der Waals surface area contributed by atoms with Crippen molar-refractivity contribution in [3.05, 3.63) is 34.3 Å². The molecule has 0 radical (unpaired) electrons. The minimum absolute atomic E-state index is 0.273. The highest BCUT2D eigenvalue weighted by atomic mass is 79.9. The molecule has 2 nitrogen and oxygen atoms in total. The van der Waals surface area contributed by atoms with E-state index in [9.17, 15) is 0 Å². The van der Waals surface area contributed by atoms with Crippen LogP contribution in [-0.4, -0.2) is 13.6 Å². The summed E-state index contributed by atoms with van der Waals surface area (Å²) in [4.78, 5) is 0. The summed E-state index contributed by atoms with van der Waals surface area (Å²) < 4.78 is 1.14. The molecule has 0 saturated heterocycles. The lowest BCUT2D eigenvalue weighted by Gasteiger charge is -2.47. The number of nitrogens with one attached hydrogen (secondary N) is 1. The third-order valence-corrected chi connectivity index (χ3v) is 4.33. The first-order valence-corrected chi connectivity index (χ1v) is 6.64. The van der Waals surface area contributed by atoms with E-state index in [1.807, 2.05) is 7.05 Å². The quantitative estimate of drug-likeness (QED) is 0.891. The van der Waals surface area contributed by atoms with Gasteiger partial charge in [0.05, 0.1) is 0 Å². The molecule has 0 aliphatic heterocycles. The topological polar surface area (TPSA) is 38.0 Å². The second-order valence-electron chi connectivity index (χ2n) is 4.70. The zero-order chi connectivity index (χ0) is 11.6. The van der Waals surface area contributed by atoms with Gasteiger partial charge in [0.25, 0.3) is 0 Å². The van der Waals surface area contributed by atoms with Gasteiger partial charge in [-0.2, -0.15) is 0 Å². The monoisotopic (exact) mass is 282 g/mol. The van der Waals surface area contributed by atoms with Crippen LogP contribution < -0.4 is 11.1 Å². The van der Waals surface area contributed by atoms with Crippen LogP contribution in [0.4, 0.5) is 0 Å². The molecule has 88 valence electrons. The molecule has 1 fully saturated rings. The number of hydrogen-bond acceptors (Lipinski definition) is 2. The molecule has 0 heterocycles. The minimum Gasteiger partial charge on any atom is -0.330 e. The molecule has 1 saturated carbocycles. The average Bonchev–Trinajstić information content (AvgIpc) is 2.23. The Morgan fingerprint density at radius 2 is 2.25 bits per heavy atom. The molecule has 16 heavy (non-hydrogen) atoms. The Balaban J connectivity index is 2.28. The Morgan fingerprint density at radius 1 is 1.50 bits per heavy atom. The van der Waals surface area contributed by atoms with Gasteiger partial charge in [-0.15, -0.1) is 0 Å². The fourth-order valence-corrected chi connectivity index (χ4v) is 3.17. The third kappa shape index (κ3) is 2.04. The van der Waals surface area contributed by atoms with E-state index >= 15 is 0 Å². The van der Waals surface area contributed by atoms with Crippen molar-refractivity contribution in [3.8, 4) is 0 Å². The lowest BCUT2D eigenvalue weighted by Crippen LogP contribution is -2.47. The van der Waals surface area contributed by atoms with Crippen molar-refractivity contribution in [2.24, 2.45) is 11.1 Å². The van der Waals surface area contributed by atoms with Crippen molar-refractivity contribution in [2.45, 2.75) is 25.3 Å². The van der Waals surface area contributed by atoms with Crippen LogP contribution in [0.3, 0.4) is 0 Å². The zero-order valence-electron chi connectivity index (χ0n) is 9.67. The van der Waals surface area contributed by atoms with E-state index in [1.54, 1.807) is 0 Å². The van der Waals surface area contributed by atoms with Gasteiger partial charge in [0.15, 0.2) is 0 Å². The van der Waals surface area contributed by atoms with E-state index in [0.29, 0.717) is 6.04 Å². The first-order valence-electron chi connectivity index (χ1n) is 5.85. The van der Waals surface area contributed by atoms with Crippen molar-refractivity contribution in [3.63, 3.8) is 0 Å². The van der Waals surface area contributed by atoms with Crippen molar-refractivity contribution >= 4 is 15.9 Å². The number of halogens is 1. The number of benzene rings is 1. The van der Waals surface area contributed by atoms with Crippen molar-refractivity contribution in [1.82, 2.24) is 5.32 Å². The third-order valence-electron chi connectivity index (χ3n) is 3.84. The average molecular weight is 283 g/mol. The van der Waals surface area contributed by atoms with Crippen molar-refractivity contribution in [1.29, 1.82) is 0 Å². The van der Waals surface area contributed by atoms with Crippen LogP contribution in [-0.2, 0) is 0 Å². The molecule has 0 spiro atoms. The molecule has 1 atom stereocenters. The molecule has 1 aromatic rings. The van der Waals surface area contributed by atoms with Gasteiger partial charge in [-0.05, 0) is 44.1 Å². The fraction of sp³-hybridized carbons (Fsp3) is 0.538. The summed E-state index contributed by atoms with van der Waals surface area (Å²) in [6, 6.07) is 8.90. The summed E-state index contributed by atoms with van der Waals surface area (Å²) in [5, 5.41) is 3.44. The summed E-state index contributed by atoms with van der Waals surface area (Å²) in [5.74, 6) is 0. The Labute approximate surface area is 106 Å². The molecule has 1 aliphatic rings. The second kappa shape index (κ2) is 4.86. The Kier molecular flexibility index (Phi) is 3.67. The summed E-state index contributed by atoms with van der Waals surface area (Å²) in [6.45, 7) is 0.769. The van der Waals surface area contributed by atoms with Gasteiger partial charge in [-0.25, -0.2) is 0 Å². The second-order valence-corrected chi connectivity index (χ2v) is 5.61. The SMILES string of the molecule is CNC(c1cccc(Br)c1)C1(CN)CCC1. The molecule has 0 bridgehead atoms. The van der Waals surface area contributed by atoms with E-state index < -0.39 is 0 Å². The van der Waals surface area contributed by atoms with Gasteiger partial charge < -0.3 is 11.1 Å². The van der Waals surface area contributed by atoms with Gasteiger partial charge in [-0.3, -0.25) is 0 Å². The maximum absolute atomic E-state index is 5.97. The van der Waals surface area contributed by atoms with Crippen LogP contribution >= 0.6 is 15.9 Å². The van der Waals surface area contributed by atoms with Crippen LogP contribution in [0.2, 0.25) is 0 Å².